The molecule has 1 aromatic heterocycles. The number of aromatic nitrogens is 2. The van der Waals surface area contributed by atoms with Gasteiger partial charge >= 0.3 is 5.97 Å². The minimum atomic E-state index is -0.837. The van der Waals surface area contributed by atoms with Gasteiger partial charge in [0.05, 0.1) is 16.4 Å². The molecule has 0 saturated carbocycles. The van der Waals surface area contributed by atoms with Crippen molar-refractivity contribution < 1.29 is 9.90 Å². The van der Waals surface area contributed by atoms with Gasteiger partial charge in [-0.2, -0.15) is 0 Å². The number of carbonyl (C=O) groups is 1. The Hall–Kier alpha value is -1.55. The van der Waals surface area contributed by atoms with Crippen LogP contribution < -0.4 is 0 Å². The van der Waals surface area contributed by atoms with Crippen LogP contribution in [0.4, 0.5) is 0 Å². The summed E-state index contributed by atoms with van der Waals surface area (Å²) in [5.74, 6) is -0.175. The molecule has 0 unspecified atom stereocenters. The van der Waals surface area contributed by atoms with Crippen LogP contribution in [-0.2, 0) is 11.2 Å². The van der Waals surface area contributed by atoms with E-state index in [1.807, 2.05) is 6.07 Å². The first-order valence-corrected chi connectivity index (χ1v) is 5.64. The Balaban J connectivity index is 2.34. The fraction of sp³-hybridized carbons (Fsp3) is 0.333. The minimum absolute atomic E-state index is 0.356. The number of aliphatic carboxylic acids is 1. The predicted octanol–water partition coefficient (Wildman–Crippen LogP) is 2.87. The van der Waals surface area contributed by atoms with E-state index in [0.717, 1.165) is 11.0 Å². The standard InChI is InChI=1S/C12H13ClN2O2/c1-12(2,11(16)17)6-10-14-8-4-3-7(13)5-9(8)15-10/h3-5H,6H2,1-2H3,(H,14,15)(H,16,17). The number of benzene rings is 1. The third kappa shape index (κ3) is 2.42. The maximum atomic E-state index is 11.0. The molecule has 0 spiro atoms. The number of nitrogens with zero attached hydrogens (tertiary/aromatic N) is 1. The number of hydrogen-bond acceptors (Lipinski definition) is 2. The summed E-state index contributed by atoms with van der Waals surface area (Å²) < 4.78 is 0. The van der Waals surface area contributed by atoms with Crippen molar-refractivity contribution in [2.75, 3.05) is 0 Å². The van der Waals surface area contributed by atoms with Gasteiger partial charge in [-0.1, -0.05) is 11.6 Å². The van der Waals surface area contributed by atoms with E-state index in [0.29, 0.717) is 17.3 Å². The molecule has 17 heavy (non-hydrogen) atoms. The molecule has 0 aliphatic carbocycles. The zero-order valence-electron chi connectivity index (χ0n) is 9.62. The molecule has 0 radical (unpaired) electrons. The van der Waals surface area contributed by atoms with E-state index >= 15 is 0 Å². The second kappa shape index (κ2) is 4.04. The lowest BCUT2D eigenvalue weighted by Crippen LogP contribution is -2.26. The zero-order valence-corrected chi connectivity index (χ0v) is 10.4. The summed E-state index contributed by atoms with van der Waals surface area (Å²) in [6, 6.07) is 5.35. The van der Waals surface area contributed by atoms with Gasteiger partial charge in [0, 0.05) is 11.4 Å². The molecule has 0 atom stereocenters. The summed E-state index contributed by atoms with van der Waals surface area (Å²) in [5, 5.41) is 9.69. The topological polar surface area (TPSA) is 66.0 Å². The Morgan fingerprint density at radius 1 is 1.53 bits per heavy atom. The number of H-pyrrole nitrogens is 1. The first kappa shape index (κ1) is 11.9. The molecule has 0 aliphatic heterocycles. The van der Waals surface area contributed by atoms with Gasteiger partial charge < -0.3 is 10.1 Å². The molecule has 4 nitrogen and oxygen atoms in total. The van der Waals surface area contributed by atoms with Crippen LogP contribution in [0.25, 0.3) is 11.0 Å². The smallest absolute Gasteiger partial charge is 0.309 e. The molecule has 1 aromatic carbocycles. The number of hydrogen-bond donors (Lipinski definition) is 2. The molecule has 1 heterocycles. The molecule has 0 bridgehead atoms. The molecular formula is C12H13ClN2O2. The highest BCUT2D eigenvalue weighted by molar-refractivity contribution is 6.31. The fourth-order valence-corrected chi connectivity index (χ4v) is 1.78. The zero-order chi connectivity index (χ0) is 12.6. The lowest BCUT2D eigenvalue weighted by atomic mass is 9.89. The van der Waals surface area contributed by atoms with Crippen LogP contribution in [-0.4, -0.2) is 21.0 Å². The number of imidazole rings is 1. The number of halogens is 1. The molecule has 0 saturated heterocycles. The van der Waals surface area contributed by atoms with E-state index in [-0.39, 0.29) is 0 Å². The van der Waals surface area contributed by atoms with E-state index < -0.39 is 11.4 Å². The molecule has 2 rings (SSSR count). The van der Waals surface area contributed by atoms with E-state index in [9.17, 15) is 4.79 Å². The lowest BCUT2D eigenvalue weighted by molar-refractivity contribution is -0.146. The number of nitrogens with one attached hydrogen (secondary N) is 1. The van der Waals surface area contributed by atoms with Gasteiger partial charge in [-0.25, -0.2) is 4.98 Å². The summed E-state index contributed by atoms with van der Waals surface area (Å²) in [6.45, 7) is 3.35. The van der Waals surface area contributed by atoms with Crippen LogP contribution in [0.3, 0.4) is 0 Å². The Kier molecular flexibility index (Phi) is 2.83. The van der Waals surface area contributed by atoms with Crippen molar-refractivity contribution in [2.45, 2.75) is 20.3 Å². The highest BCUT2D eigenvalue weighted by Gasteiger charge is 2.28. The number of fused-ring (bicyclic) bond motifs is 1. The monoisotopic (exact) mass is 252 g/mol. The fourth-order valence-electron chi connectivity index (χ4n) is 1.61. The van der Waals surface area contributed by atoms with Crippen molar-refractivity contribution in [1.82, 2.24) is 9.97 Å². The van der Waals surface area contributed by atoms with E-state index in [1.165, 1.54) is 0 Å². The van der Waals surface area contributed by atoms with Crippen LogP contribution in [0.2, 0.25) is 5.02 Å². The average Bonchev–Trinajstić information content (AvgIpc) is 2.57. The second-order valence-corrected chi connectivity index (χ2v) is 5.15. The van der Waals surface area contributed by atoms with E-state index in [1.54, 1.807) is 26.0 Å². The maximum Gasteiger partial charge on any atom is 0.309 e. The number of aromatic amines is 1. The Labute approximate surface area is 104 Å². The van der Waals surface area contributed by atoms with Crippen molar-refractivity contribution in [3.63, 3.8) is 0 Å². The third-order valence-electron chi connectivity index (χ3n) is 2.68. The van der Waals surface area contributed by atoms with Crippen LogP contribution >= 0.6 is 11.6 Å². The van der Waals surface area contributed by atoms with Crippen molar-refractivity contribution >= 4 is 28.6 Å². The molecule has 0 aliphatic rings. The first-order valence-electron chi connectivity index (χ1n) is 5.26. The van der Waals surface area contributed by atoms with Gasteiger partial charge in [0.2, 0.25) is 0 Å². The first-order chi connectivity index (χ1) is 7.88. The SMILES string of the molecule is CC(C)(Cc1nc2ccc(Cl)cc2[nH]1)C(=O)O. The third-order valence-corrected chi connectivity index (χ3v) is 2.92. The summed E-state index contributed by atoms with van der Waals surface area (Å²) in [4.78, 5) is 18.5. The van der Waals surface area contributed by atoms with Gasteiger partial charge in [0.1, 0.15) is 5.82 Å². The number of carboxylic acids is 1. The highest BCUT2D eigenvalue weighted by atomic mass is 35.5. The van der Waals surface area contributed by atoms with Crippen molar-refractivity contribution in [1.29, 1.82) is 0 Å². The lowest BCUT2D eigenvalue weighted by Gasteiger charge is -2.16. The van der Waals surface area contributed by atoms with Gasteiger partial charge in [-0.3, -0.25) is 4.79 Å². The van der Waals surface area contributed by atoms with Crippen molar-refractivity contribution in [2.24, 2.45) is 5.41 Å². The molecule has 2 N–H and O–H groups in total. The van der Waals surface area contributed by atoms with Gasteiger partial charge in [0.15, 0.2) is 0 Å². The van der Waals surface area contributed by atoms with Crippen LogP contribution in [0.5, 0.6) is 0 Å². The Bertz CT molecular complexity index is 575. The van der Waals surface area contributed by atoms with Gasteiger partial charge in [0.25, 0.3) is 0 Å². The molecular weight excluding hydrogens is 240 g/mol. The predicted molar refractivity (Wildman–Crippen MR) is 66.2 cm³/mol. The largest absolute Gasteiger partial charge is 0.481 e. The summed E-state index contributed by atoms with van der Waals surface area (Å²) in [6.07, 6.45) is 0.356. The summed E-state index contributed by atoms with van der Waals surface area (Å²) in [5.41, 5.74) is 0.789. The van der Waals surface area contributed by atoms with Crippen molar-refractivity contribution in [3.05, 3.63) is 29.0 Å². The Morgan fingerprint density at radius 3 is 2.88 bits per heavy atom. The van der Waals surface area contributed by atoms with Crippen molar-refractivity contribution in [3.8, 4) is 0 Å². The van der Waals surface area contributed by atoms with Crippen LogP contribution in [0, 0.1) is 5.41 Å². The number of rotatable bonds is 3. The Morgan fingerprint density at radius 2 is 2.24 bits per heavy atom. The maximum absolute atomic E-state index is 11.0. The quantitative estimate of drug-likeness (QED) is 0.883. The van der Waals surface area contributed by atoms with Gasteiger partial charge in [-0.15, -0.1) is 0 Å². The molecule has 90 valence electrons. The molecule has 2 aromatic rings. The summed E-state index contributed by atoms with van der Waals surface area (Å²) >= 11 is 5.87. The number of carboxylic acid groups (broad SMARTS) is 1. The van der Waals surface area contributed by atoms with Gasteiger partial charge in [-0.05, 0) is 32.0 Å². The minimum Gasteiger partial charge on any atom is -0.481 e. The molecule has 5 heteroatoms. The summed E-state index contributed by atoms with van der Waals surface area (Å²) in [7, 11) is 0. The average molecular weight is 253 g/mol. The van der Waals surface area contributed by atoms with E-state index in [2.05, 4.69) is 9.97 Å². The molecule has 0 fully saturated rings. The van der Waals surface area contributed by atoms with E-state index in [4.69, 9.17) is 16.7 Å². The normalized spacial score (nSPS) is 11.9. The second-order valence-electron chi connectivity index (χ2n) is 4.71. The molecule has 0 amide bonds. The van der Waals surface area contributed by atoms with Crippen LogP contribution in [0.1, 0.15) is 19.7 Å². The van der Waals surface area contributed by atoms with Crippen LogP contribution in [0.15, 0.2) is 18.2 Å². The highest BCUT2D eigenvalue weighted by Crippen LogP contribution is 2.23.